The third-order valence-electron chi connectivity index (χ3n) is 3.04. The van der Waals surface area contributed by atoms with Crippen LogP contribution in [0.5, 0.6) is 0 Å². The molecule has 1 aliphatic heterocycles. The quantitative estimate of drug-likeness (QED) is 0.509. The van der Waals surface area contributed by atoms with Crippen molar-refractivity contribution in [3.63, 3.8) is 0 Å². The Balaban J connectivity index is 2.04. The van der Waals surface area contributed by atoms with Gasteiger partial charge in [0, 0.05) is 24.4 Å². The SMILES string of the molecule is [N-]=[N+]=N[C@@H]1CNCCC(=O)[C@H]1OCc1ccccc1. The first-order valence-corrected chi connectivity index (χ1v) is 6.24. The lowest BCUT2D eigenvalue weighted by atomic mass is 10.1. The van der Waals surface area contributed by atoms with Crippen molar-refractivity contribution in [2.45, 2.75) is 25.2 Å². The summed E-state index contributed by atoms with van der Waals surface area (Å²) in [5.74, 6) is -0.0154. The van der Waals surface area contributed by atoms with Crippen LogP contribution in [0.3, 0.4) is 0 Å². The minimum atomic E-state index is -0.661. The Morgan fingerprint density at radius 2 is 2.21 bits per heavy atom. The summed E-state index contributed by atoms with van der Waals surface area (Å²) in [7, 11) is 0. The van der Waals surface area contributed by atoms with Crippen LogP contribution in [0.2, 0.25) is 0 Å². The van der Waals surface area contributed by atoms with Gasteiger partial charge in [-0.3, -0.25) is 4.79 Å². The fourth-order valence-electron chi connectivity index (χ4n) is 2.06. The zero-order valence-corrected chi connectivity index (χ0v) is 10.5. The van der Waals surface area contributed by atoms with Gasteiger partial charge in [-0.15, -0.1) is 0 Å². The molecule has 1 saturated heterocycles. The predicted octanol–water partition coefficient (Wildman–Crippen LogP) is 1.81. The van der Waals surface area contributed by atoms with E-state index >= 15 is 0 Å². The van der Waals surface area contributed by atoms with Crippen molar-refractivity contribution >= 4 is 5.78 Å². The van der Waals surface area contributed by atoms with Crippen molar-refractivity contribution in [1.29, 1.82) is 0 Å². The van der Waals surface area contributed by atoms with E-state index < -0.39 is 12.1 Å². The van der Waals surface area contributed by atoms with Crippen LogP contribution in [0.4, 0.5) is 0 Å². The lowest BCUT2D eigenvalue weighted by Crippen LogP contribution is -2.37. The minimum Gasteiger partial charge on any atom is -0.365 e. The Kier molecular flexibility index (Phi) is 4.92. The predicted molar refractivity (Wildman–Crippen MR) is 70.4 cm³/mol. The molecule has 1 aliphatic rings. The molecule has 0 amide bonds. The molecular weight excluding hydrogens is 244 g/mol. The number of hydrogen-bond donors (Lipinski definition) is 1. The monoisotopic (exact) mass is 260 g/mol. The van der Waals surface area contributed by atoms with Crippen molar-refractivity contribution in [1.82, 2.24) is 5.32 Å². The van der Waals surface area contributed by atoms with E-state index in [4.69, 9.17) is 10.3 Å². The summed E-state index contributed by atoms with van der Waals surface area (Å²) < 4.78 is 5.67. The second-order valence-corrected chi connectivity index (χ2v) is 4.41. The molecule has 1 aromatic rings. The maximum atomic E-state index is 12.0. The van der Waals surface area contributed by atoms with Crippen LogP contribution < -0.4 is 5.32 Å². The van der Waals surface area contributed by atoms with Gasteiger partial charge in [-0.25, -0.2) is 0 Å². The third-order valence-corrected chi connectivity index (χ3v) is 3.04. The summed E-state index contributed by atoms with van der Waals surface area (Å²) in [6.07, 6.45) is -0.261. The standard InChI is InChI=1S/C13H16N4O2/c14-17-16-11-8-15-7-6-12(18)13(11)19-9-10-4-2-1-3-5-10/h1-5,11,13,15H,6-9H2/t11-,13+/m1/s1. The molecule has 6 heteroatoms. The maximum absolute atomic E-state index is 12.0. The van der Waals surface area contributed by atoms with E-state index in [1.54, 1.807) is 0 Å². The van der Waals surface area contributed by atoms with Gasteiger partial charge >= 0.3 is 0 Å². The fraction of sp³-hybridized carbons (Fsp3) is 0.462. The summed E-state index contributed by atoms with van der Waals surface area (Å²) in [6, 6.07) is 9.14. The van der Waals surface area contributed by atoms with Crippen molar-refractivity contribution in [2.75, 3.05) is 13.1 Å². The highest BCUT2D eigenvalue weighted by atomic mass is 16.5. The number of Topliss-reactive ketones (excluding diaryl/α,β-unsaturated/α-hetero) is 1. The Morgan fingerprint density at radius 1 is 1.42 bits per heavy atom. The van der Waals surface area contributed by atoms with E-state index in [0.29, 0.717) is 26.1 Å². The number of hydrogen-bond acceptors (Lipinski definition) is 4. The van der Waals surface area contributed by atoms with Crippen molar-refractivity contribution < 1.29 is 9.53 Å². The molecule has 19 heavy (non-hydrogen) atoms. The average Bonchev–Trinajstić information content (AvgIpc) is 2.60. The number of carbonyl (C=O) groups is 1. The summed E-state index contributed by atoms with van der Waals surface area (Å²) >= 11 is 0. The van der Waals surface area contributed by atoms with Crippen LogP contribution in [0.1, 0.15) is 12.0 Å². The van der Waals surface area contributed by atoms with E-state index in [1.165, 1.54) is 0 Å². The molecule has 100 valence electrons. The molecule has 0 spiro atoms. The van der Waals surface area contributed by atoms with Crippen LogP contribution in [0, 0.1) is 0 Å². The summed E-state index contributed by atoms with van der Waals surface area (Å²) in [5, 5.41) is 6.73. The molecule has 1 heterocycles. The molecule has 0 bridgehead atoms. The summed E-state index contributed by atoms with van der Waals surface area (Å²) in [5.41, 5.74) is 9.56. The van der Waals surface area contributed by atoms with Gasteiger partial charge in [0.15, 0.2) is 5.78 Å². The zero-order valence-electron chi connectivity index (χ0n) is 10.5. The number of ketones is 1. The van der Waals surface area contributed by atoms with Crippen LogP contribution in [-0.4, -0.2) is 31.0 Å². The van der Waals surface area contributed by atoms with Crippen LogP contribution in [0.25, 0.3) is 10.4 Å². The van der Waals surface area contributed by atoms with Gasteiger partial charge in [0.25, 0.3) is 0 Å². The second kappa shape index (κ2) is 6.89. The van der Waals surface area contributed by atoms with Crippen molar-refractivity contribution in [2.24, 2.45) is 5.11 Å². The number of carbonyl (C=O) groups excluding carboxylic acids is 1. The Labute approximate surface area is 111 Å². The Bertz CT molecular complexity index is 471. The lowest BCUT2D eigenvalue weighted by Gasteiger charge is -2.20. The highest BCUT2D eigenvalue weighted by Crippen LogP contribution is 2.13. The third kappa shape index (κ3) is 3.79. The first-order chi connectivity index (χ1) is 9.31. The van der Waals surface area contributed by atoms with Gasteiger partial charge < -0.3 is 10.1 Å². The number of nitrogens with zero attached hydrogens (tertiary/aromatic N) is 3. The maximum Gasteiger partial charge on any atom is 0.163 e. The van der Waals surface area contributed by atoms with Gasteiger partial charge in [0.05, 0.1) is 12.6 Å². The van der Waals surface area contributed by atoms with Crippen LogP contribution >= 0.6 is 0 Å². The van der Waals surface area contributed by atoms with E-state index in [2.05, 4.69) is 15.3 Å². The van der Waals surface area contributed by atoms with Gasteiger partial charge in [-0.05, 0) is 11.1 Å². The first kappa shape index (κ1) is 13.5. The molecule has 0 radical (unpaired) electrons. The minimum absolute atomic E-state index is 0.0154. The van der Waals surface area contributed by atoms with Crippen LogP contribution in [-0.2, 0) is 16.1 Å². The number of ether oxygens (including phenoxy) is 1. The molecule has 1 fully saturated rings. The number of nitrogens with one attached hydrogen (secondary N) is 1. The summed E-state index contributed by atoms with van der Waals surface area (Å²) in [4.78, 5) is 14.8. The summed E-state index contributed by atoms with van der Waals surface area (Å²) in [6.45, 7) is 1.41. The normalized spacial score (nSPS) is 23.5. The van der Waals surface area contributed by atoms with Crippen molar-refractivity contribution in [3.05, 3.63) is 46.3 Å². The molecule has 0 aliphatic carbocycles. The fourth-order valence-corrected chi connectivity index (χ4v) is 2.06. The number of benzene rings is 1. The number of azide groups is 1. The Morgan fingerprint density at radius 3 is 2.95 bits per heavy atom. The van der Waals surface area contributed by atoms with Crippen molar-refractivity contribution in [3.8, 4) is 0 Å². The highest BCUT2D eigenvalue weighted by molar-refractivity contribution is 5.84. The van der Waals surface area contributed by atoms with E-state index in [9.17, 15) is 4.79 Å². The average molecular weight is 260 g/mol. The molecule has 0 saturated carbocycles. The second-order valence-electron chi connectivity index (χ2n) is 4.41. The highest BCUT2D eigenvalue weighted by Gasteiger charge is 2.30. The molecule has 6 nitrogen and oxygen atoms in total. The molecule has 2 rings (SSSR count). The first-order valence-electron chi connectivity index (χ1n) is 6.24. The molecule has 2 atom stereocenters. The van der Waals surface area contributed by atoms with E-state index in [0.717, 1.165) is 5.56 Å². The molecule has 1 aromatic carbocycles. The molecule has 0 unspecified atom stereocenters. The smallest absolute Gasteiger partial charge is 0.163 e. The van der Waals surface area contributed by atoms with Gasteiger partial charge in [0.2, 0.25) is 0 Å². The van der Waals surface area contributed by atoms with Gasteiger partial charge in [-0.1, -0.05) is 35.4 Å². The number of rotatable bonds is 4. The van der Waals surface area contributed by atoms with Crippen LogP contribution in [0.15, 0.2) is 35.4 Å². The van der Waals surface area contributed by atoms with E-state index in [1.807, 2.05) is 30.3 Å². The van der Waals surface area contributed by atoms with E-state index in [-0.39, 0.29) is 5.78 Å². The molecule has 1 N–H and O–H groups in total. The Hall–Kier alpha value is -1.88. The molecule has 0 aromatic heterocycles. The van der Waals surface area contributed by atoms with Gasteiger partial charge in [-0.2, -0.15) is 0 Å². The topological polar surface area (TPSA) is 87.1 Å². The largest absolute Gasteiger partial charge is 0.365 e. The lowest BCUT2D eigenvalue weighted by molar-refractivity contribution is -0.131. The zero-order chi connectivity index (χ0) is 13.5. The molecular formula is C13H16N4O2. The van der Waals surface area contributed by atoms with Gasteiger partial charge in [0.1, 0.15) is 6.10 Å².